The third-order valence-corrected chi connectivity index (χ3v) is 3.25. The van der Waals surface area contributed by atoms with Crippen molar-refractivity contribution in [3.63, 3.8) is 0 Å². The Labute approximate surface area is 87.5 Å². The zero-order valence-corrected chi connectivity index (χ0v) is 8.85. The van der Waals surface area contributed by atoms with Crippen molar-refractivity contribution < 1.29 is 4.74 Å². The average Bonchev–Trinajstić information content (AvgIpc) is 2.67. The molecular formula is C9H15N3OS. The van der Waals surface area contributed by atoms with E-state index < -0.39 is 0 Å². The minimum atomic E-state index is 0.514. The zero-order valence-electron chi connectivity index (χ0n) is 8.03. The van der Waals surface area contributed by atoms with Crippen LogP contribution in [-0.4, -0.2) is 24.2 Å². The standard InChI is InChI=1S/C9H15N3OS/c10-5-8-6-11-9(14-8)12-7-1-3-13-4-2-7/h6-7H,1-5,10H2,(H,11,12). The van der Waals surface area contributed by atoms with Gasteiger partial charge in [0, 0.05) is 36.9 Å². The molecule has 0 unspecified atom stereocenters. The Morgan fingerprint density at radius 1 is 1.57 bits per heavy atom. The molecule has 0 spiro atoms. The van der Waals surface area contributed by atoms with Crippen molar-refractivity contribution in [2.45, 2.75) is 25.4 Å². The van der Waals surface area contributed by atoms with Gasteiger partial charge in [0.25, 0.3) is 0 Å². The van der Waals surface area contributed by atoms with Crippen LogP contribution >= 0.6 is 11.3 Å². The first kappa shape index (κ1) is 9.89. The molecule has 0 saturated carbocycles. The van der Waals surface area contributed by atoms with Gasteiger partial charge in [0.2, 0.25) is 0 Å². The summed E-state index contributed by atoms with van der Waals surface area (Å²) in [5.41, 5.74) is 5.52. The molecule has 1 aliphatic rings. The fourth-order valence-corrected chi connectivity index (χ4v) is 2.25. The summed E-state index contributed by atoms with van der Waals surface area (Å²) in [5.74, 6) is 0. The lowest BCUT2D eigenvalue weighted by Gasteiger charge is -2.22. The second-order valence-corrected chi connectivity index (χ2v) is 4.48. The molecule has 0 radical (unpaired) electrons. The van der Waals surface area contributed by atoms with Gasteiger partial charge < -0.3 is 15.8 Å². The Kier molecular flexibility index (Phi) is 3.34. The van der Waals surface area contributed by atoms with Gasteiger partial charge in [-0.15, -0.1) is 11.3 Å². The number of nitrogens with one attached hydrogen (secondary N) is 1. The maximum atomic E-state index is 5.52. The van der Waals surface area contributed by atoms with E-state index in [1.54, 1.807) is 11.3 Å². The second-order valence-electron chi connectivity index (χ2n) is 3.37. The summed E-state index contributed by atoms with van der Waals surface area (Å²) >= 11 is 1.64. The Morgan fingerprint density at radius 2 is 2.36 bits per heavy atom. The number of hydrogen-bond acceptors (Lipinski definition) is 5. The Hall–Kier alpha value is -0.650. The molecular weight excluding hydrogens is 198 g/mol. The molecule has 1 saturated heterocycles. The highest BCUT2D eigenvalue weighted by Gasteiger charge is 2.14. The molecule has 3 N–H and O–H groups in total. The van der Waals surface area contributed by atoms with Crippen LogP contribution in [0.1, 0.15) is 17.7 Å². The molecule has 2 rings (SSSR count). The molecule has 78 valence electrons. The van der Waals surface area contributed by atoms with E-state index in [0.29, 0.717) is 12.6 Å². The first-order chi connectivity index (χ1) is 6.88. The van der Waals surface area contributed by atoms with Crippen LogP contribution in [0, 0.1) is 0 Å². The second kappa shape index (κ2) is 4.72. The van der Waals surface area contributed by atoms with Gasteiger partial charge in [-0.05, 0) is 12.8 Å². The van der Waals surface area contributed by atoms with Crippen LogP contribution in [0.5, 0.6) is 0 Å². The van der Waals surface area contributed by atoms with Gasteiger partial charge in [0.1, 0.15) is 0 Å². The highest BCUT2D eigenvalue weighted by atomic mass is 32.1. The highest BCUT2D eigenvalue weighted by molar-refractivity contribution is 7.15. The quantitative estimate of drug-likeness (QED) is 0.792. The van der Waals surface area contributed by atoms with Gasteiger partial charge in [-0.25, -0.2) is 4.98 Å². The molecule has 0 amide bonds. The highest BCUT2D eigenvalue weighted by Crippen LogP contribution is 2.20. The predicted molar refractivity (Wildman–Crippen MR) is 57.5 cm³/mol. The zero-order chi connectivity index (χ0) is 9.80. The summed E-state index contributed by atoms with van der Waals surface area (Å²) in [6.07, 6.45) is 3.97. The van der Waals surface area contributed by atoms with E-state index in [9.17, 15) is 0 Å². The minimum Gasteiger partial charge on any atom is -0.381 e. The molecule has 1 aromatic heterocycles. The maximum Gasteiger partial charge on any atom is 0.183 e. The van der Waals surface area contributed by atoms with Gasteiger partial charge in [0.05, 0.1) is 0 Å². The summed E-state index contributed by atoms with van der Waals surface area (Å²) in [4.78, 5) is 5.39. The molecule has 1 aromatic rings. The third kappa shape index (κ3) is 2.43. The average molecular weight is 213 g/mol. The number of thiazole rings is 1. The SMILES string of the molecule is NCc1cnc(NC2CCOCC2)s1. The largest absolute Gasteiger partial charge is 0.381 e. The fraction of sp³-hybridized carbons (Fsp3) is 0.667. The smallest absolute Gasteiger partial charge is 0.183 e. The van der Waals surface area contributed by atoms with E-state index in [-0.39, 0.29) is 0 Å². The number of nitrogens with two attached hydrogens (primary N) is 1. The predicted octanol–water partition coefficient (Wildman–Crippen LogP) is 1.19. The van der Waals surface area contributed by atoms with E-state index in [1.165, 1.54) is 0 Å². The molecule has 2 heterocycles. The monoisotopic (exact) mass is 213 g/mol. The van der Waals surface area contributed by atoms with Gasteiger partial charge in [-0.2, -0.15) is 0 Å². The first-order valence-corrected chi connectivity index (χ1v) is 5.69. The van der Waals surface area contributed by atoms with Crippen molar-refractivity contribution in [3.8, 4) is 0 Å². The van der Waals surface area contributed by atoms with Crippen molar-refractivity contribution in [3.05, 3.63) is 11.1 Å². The van der Waals surface area contributed by atoms with Crippen molar-refractivity contribution in [1.29, 1.82) is 0 Å². The minimum absolute atomic E-state index is 0.514. The maximum absolute atomic E-state index is 5.52. The van der Waals surface area contributed by atoms with Gasteiger partial charge in [-0.1, -0.05) is 0 Å². The summed E-state index contributed by atoms with van der Waals surface area (Å²) in [5, 5.41) is 4.39. The normalized spacial score (nSPS) is 18.4. The summed E-state index contributed by atoms with van der Waals surface area (Å²) < 4.78 is 5.29. The summed E-state index contributed by atoms with van der Waals surface area (Å²) in [6, 6.07) is 0.514. The van der Waals surface area contributed by atoms with Gasteiger partial charge >= 0.3 is 0 Å². The van der Waals surface area contributed by atoms with E-state index in [4.69, 9.17) is 10.5 Å². The lowest BCUT2D eigenvalue weighted by atomic mass is 10.1. The topological polar surface area (TPSA) is 60.2 Å². The van der Waals surface area contributed by atoms with Gasteiger partial charge in [0.15, 0.2) is 5.13 Å². The molecule has 14 heavy (non-hydrogen) atoms. The Morgan fingerprint density at radius 3 is 3.00 bits per heavy atom. The van der Waals surface area contributed by atoms with E-state index in [2.05, 4.69) is 10.3 Å². The molecule has 4 nitrogen and oxygen atoms in total. The molecule has 1 fully saturated rings. The lowest BCUT2D eigenvalue weighted by molar-refractivity contribution is 0.0904. The van der Waals surface area contributed by atoms with Crippen molar-refractivity contribution >= 4 is 16.5 Å². The van der Waals surface area contributed by atoms with Crippen LogP contribution < -0.4 is 11.1 Å². The van der Waals surface area contributed by atoms with E-state index >= 15 is 0 Å². The van der Waals surface area contributed by atoms with E-state index in [0.717, 1.165) is 36.1 Å². The van der Waals surface area contributed by atoms with Crippen LogP contribution in [0.25, 0.3) is 0 Å². The number of hydrogen-bond donors (Lipinski definition) is 2. The number of anilines is 1. The molecule has 1 aliphatic heterocycles. The Bertz CT molecular complexity index is 283. The number of rotatable bonds is 3. The lowest BCUT2D eigenvalue weighted by Crippen LogP contribution is -2.27. The van der Waals surface area contributed by atoms with Crippen LogP contribution in [0.3, 0.4) is 0 Å². The molecule has 0 aromatic carbocycles. The molecule has 0 bridgehead atoms. The molecule has 5 heteroatoms. The van der Waals surface area contributed by atoms with Crippen LogP contribution in [-0.2, 0) is 11.3 Å². The van der Waals surface area contributed by atoms with Crippen LogP contribution in [0.2, 0.25) is 0 Å². The number of ether oxygens (including phenoxy) is 1. The fourth-order valence-electron chi connectivity index (χ4n) is 1.49. The van der Waals surface area contributed by atoms with Gasteiger partial charge in [-0.3, -0.25) is 0 Å². The van der Waals surface area contributed by atoms with Crippen LogP contribution in [0.15, 0.2) is 6.20 Å². The summed E-state index contributed by atoms with van der Waals surface area (Å²) in [6.45, 7) is 2.28. The number of nitrogens with zero attached hydrogens (tertiary/aromatic N) is 1. The Balaban J connectivity index is 1.89. The first-order valence-electron chi connectivity index (χ1n) is 4.87. The molecule has 0 atom stereocenters. The number of aromatic nitrogens is 1. The van der Waals surface area contributed by atoms with Crippen molar-refractivity contribution in [1.82, 2.24) is 4.98 Å². The van der Waals surface area contributed by atoms with Crippen molar-refractivity contribution in [2.75, 3.05) is 18.5 Å². The molecule has 0 aliphatic carbocycles. The van der Waals surface area contributed by atoms with Crippen LogP contribution in [0.4, 0.5) is 5.13 Å². The third-order valence-electron chi connectivity index (χ3n) is 2.30. The van der Waals surface area contributed by atoms with E-state index in [1.807, 2.05) is 6.20 Å². The van der Waals surface area contributed by atoms with Crippen molar-refractivity contribution in [2.24, 2.45) is 5.73 Å². The summed E-state index contributed by atoms with van der Waals surface area (Å²) in [7, 11) is 0.